The van der Waals surface area contributed by atoms with Crippen LogP contribution in [0.4, 0.5) is 19.0 Å². The topological polar surface area (TPSA) is 42.3 Å². The number of rotatable bonds is 4. The Kier molecular flexibility index (Phi) is 4.99. The molecular weight excluding hydrogens is 369 g/mol. The number of methoxy groups -OCH3 is 1. The maximum atomic E-state index is 13.5. The van der Waals surface area contributed by atoms with Crippen molar-refractivity contribution in [2.24, 2.45) is 0 Å². The first-order valence-electron chi connectivity index (χ1n) is 9.65. The lowest BCUT2D eigenvalue weighted by Gasteiger charge is -2.31. The second kappa shape index (κ2) is 7.31. The molecule has 4 rings (SSSR count). The summed E-state index contributed by atoms with van der Waals surface area (Å²) in [5.74, 6) is 1.28. The Morgan fingerprint density at radius 2 is 2.07 bits per heavy atom. The van der Waals surface area contributed by atoms with Gasteiger partial charge in [0, 0.05) is 24.2 Å². The quantitative estimate of drug-likeness (QED) is 0.827. The molecule has 2 aliphatic heterocycles. The van der Waals surface area contributed by atoms with Gasteiger partial charge in [0.1, 0.15) is 11.6 Å². The fourth-order valence-corrected chi connectivity index (χ4v) is 4.34. The number of hydrogen-bond acceptors (Lipinski definition) is 4. The molecule has 3 heterocycles. The Morgan fingerprint density at radius 1 is 1.29 bits per heavy atom. The zero-order valence-electron chi connectivity index (χ0n) is 16.0. The summed E-state index contributed by atoms with van der Waals surface area (Å²) in [5.41, 5.74) is 1.78. The number of likely N-dealkylation sites (tertiary alicyclic amines) is 1. The molecule has 0 radical (unpaired) electrons. The molecule has 1 fully saturated rings. The first kappa shape index (κ1) is 19.1. The van der Waals surface area contributed by atoms with Crippen molar-refractivity contribution in [2.45, 2.75) is 57.0 Å². The Labute approximate surface area is 162 Å². The van der Waals surface area contributed by atoms with Gasteiger partial charge in [-0.1, -0.05) is 18.2 Å². The van der Waals surface area contributed by atoms with E-state index in [1.165, 1.54) is 0 Å². The number of benzene rings is 1. The molecule has 0 bridgehead atoms. The van der Waals surface area contributed by atoms with Gasteiger partial charge in [0.25, 0.3) is 0 Å². The molecule has 0 unspecified atom stereocenters. The standard InChI is InChI=1S/C20H25F3N4O/c1-13-10-18(20(21,22)23)27-19(24-13)11-15(25-27)16-7-5-9-26(16)12-14-6-3-4-8-17(14)28-2/h3-4,6,8,11,13,16,18,24H,5,7,9-10,12H2,1-2H3/t13-,16+,18-/m1/s1. The average molecular weight is 394 g/mol. The Balaban J connectivity index is 1.60. The third kappa shape index (κ3) is 3.57. The zero-order chi connectivity index (χ0) is 19.9. The highest BCUT2D eigenvalue weighted by Crippen LogP contribution is 2.42. The Hall–Kier alpha value is -2.22. The largest absolute Gasteiger partial charge is 0.496 e. The summed E-state index contributed by atoms with van der Waals surface area (Å²) in [6, 6.07) is 7.83. The maximum Gasteiger partial charge on any atom is 0.410 e. The van der Waals surface area contributed by atoms with E-state index in [-0.39, 0.29) is 18.5 Å². The molecule has 0 amide bonds. The number of alkyl halides is 3. The molecule has 0 aliphatic carbocycles. The molecule has 2 aliphatic rings. The number of hydrogen-bond donors (Lipinski definition) is 1. The molecule has 5 nitrogen and oxygen atoms in total. The molecule has 0 saturated carbocycles. The van der Waals surface area contributed by atoms with E-state index in [1.54, 1.807) is 20.1 Å². The minimum absolute atomic E-state index is 0.00673. The van der Waals surface area contributed by atoms with Gasteiger partial charge in [-0.2, -0.15) is 18.3 Å². The molecule has 3 atom stereocenters. The molecule has 0 spiro atoms. The molecule has 1 aromatic heterocycles. The van der Waals surface area contributed by atoms with Crippen molar-refractivity contribution in [1.29, 1.82) is 0 Å². The Bertz CT molecular complexity index is 835. The highest BCUT2D eigenvalue weighted by Gasteiger charge is 2.46. The number of anilines is 1. The van der Waals surface area contributed by atoms with Crippen molar-refractivity contribution < 1.29 is 17.9 Å². The van der Waals surface area contributed by atoms with E-state index in [2.05, 4.69) is 15.3 Å². The van der Waals surface area contributed by atoms with E-state index >= 15 is 0 Å². The van der Waals surface area contributed by atoms with Crippen LogP contribution in [0.5, 0.6) is 5.75 Å². The van der Waals surface area contributed by atoms with E-state index in [9.17, 15) is 13.2 Å². The van der Waals surface area contributed by atoms with Crippen molar-refractivity contribution in [2.75, 3.05) is 19.0 Å². The lowest BCUT2D eigenvalue weighted by molar-refractivity contribution is -0.173. The monoisotopic (exact) mass is 394 g/mol. The fraction of sp³-hybridized carbons (Fsp3) is 0.550. The summed E-state index contributed by atoms with van der Waals surface area (Å²) < 4.78 is 47.1. The van der Waals surface area contributed by atoms with Crippen LogP contribution in [0.15, 0.2) is 30.3 Å². The first-order chi connectivity index (χ1) is 13.4. The number of fused-ring (bicyclic) bond motifs is 1. The number of aromatic nitrogens is 2. The predicted molar refractivity (Wildman–Crippen MR) is 100 cm³/mol. The van der Waals surface area contributed by atoms with Crippen molar-refractivity contribution in [3.8, 4) is 5.75 Å². The first-order valence-corrected chi connectivity index (χ1v) is 9.65. The van der Waals surface area contributed by atoms with Gasteiger partial charge >= 0.3 is 6.18 Å². The molecule has 8 heteroatoms. The number of para-hydroxylation sites is 1. The van der Waals surface area contributed by atoms with Gasteiger partial charge in [-0.25, -0.2) is 4.68 Å². The second-order valence-electron chi connectivity index (χ2n) is 7.68. The third-order valence-electron chi connectivity index (χ3n) is 5.67. The van der Waals surface area contributed by atoms with Crippen molar-refractivity contribution in [3.05, 3.63) is 41.6 Å². The lowest BCUT2D eigenvalue weighted by Crippen LogP contribution is -2.37. The van der Waals surface area contributed by atoms with Crippen LogP contribution >= 0.6 is 0 Å². The summed E-state index contributed by atoms with van der Waals surface area (Å²) in [5, 5.41) is 7.56. The SMILES string of the molecule is COc1ccccc1CN1CCC[C@H]1c1cc2n(n1)[C@@H](C(F)(F)F)C[C@@H](C)N2. The molecule has 1 saturated heterocycles. The van der Waals surface area contributed by atoms with Gasteiger partial charge in [0.05, 0.1) is 18.8 Å². The van der Waals surface area contributed by atoms with Gasteiger partial charge in [-0.3, -0.25) is 4.90 Å². The smallest absolute Gasteiger partial charge is 0.410 e. The minimum Gasteiger partial charge on any atom is -0.496 e. The molecule has 2 aromatic rings. The number of ether oxygens (including phenoxy) is 1. The van der Waals surface area contributed by atoms with Gasteiger partial charge < -0.3 is 10.1 Å². The second-order valence-corrected chi connectivity index (χ2v) is 7.68. The summed E-state index contributed by atoms with van der Waals surface area (Å²) in [6.45, 7) is 3.35. The molecule has 152 valence electrons. The van der Waals surface area contributed by atoms with E-state index in [0.29, 0.717) is 18.1 Å². The molecule has 1 aromatic carbocycles. The van der Waals surface area contributed by atoms with Crippen LogP contribution in [-0.4, -0.2) is 40.6 Å². The van der Waals surface area contributed by atoms with Gasteiger partial charge in [-0.05, 0) is 38.8 Å². The lowest BCUT2D eigenvalue weighted by atomic mass is 10.1. The van der Waals surface area contributed by atoms with Gasteiger partial charge in [-0.15, -0.1) is 0 Å². The third-order valence-corrected chi connectivity index (χ3v) is 5.67. The molecule has 1 N–H and O–H groups in total. The van der Waals surface area contributed by atoms with E-state index < -0.39 is 12.2 Å². The van der Waals surface area contributed by atoms with Crippen molar-refractivity contribution in [1.82, 2.24) is 14.7 Å². The Morgan fingerprint density at radius 3 is 2.82 bits per heavy atom. The van der Waals surface area contributed by atoms with Crippen LogP contribution in [0, 0.1) is 0 Å². The number of nitrogens with zero attached hydrogens (tertiary/aromatic N) is 3. The van der Waals surface area contributed by atoms with Crippen LogP contribution in [0.1, 0.15) is 49.5 Å². The van der Waals surface area contributed by atoms with E-state index in [0.717, 1.165) is 35.4 Å². The van der Waals surface area contributed by atoms with Crippen molar-refractivity contribution in [3.63, 3.8) is 0 Å². The fourth-order valence-electron chi connectivity index (χ4n) is 4.34. The maximum absolute atomic E-state index is 13.5. The van der Waals surface area contributed by atoms with E-state index in [4.69, 9.17) is 4.74 Å². The van der Waals surface area contributed by atoms with Crippen molar-refractivity contribution >= 4 is 5.82 Å². The van der Waals surface area contributed by atoms with Crippen LogP contribution in [-0.2, 0) is 6.54 Å². The molecule has 28 heavy (non-hydrogen) atoms. The van der Waals surface area contributed by atoms with Crippen LogP contribution in [0.3, 0.4) is 0 Å². The minimum atomic E-state index is -4.30. The number of halogens is 3. The van der Waals surface area contributed by atoms with Gasteiger partial charge in [0.2, 0.25) is 0 Å². The zero-order valence-corrected chi connectivity index (χ0v) is 16.0. The molecular formula is C20H25F3N4O. The summed E-state index contributed by atoms with van der Waals surface area (Å²) in [6.07, 6.45) is -2.43. The summed E-state index contributed by atoms with van der Waals surface area (Å²) >= 11 is 0. The highest BCUT2D eigenvalue weighted by molar-refractivity contribution is 5.42. The van der Waals surface area contributed by atoms with Gasteiger partial charge in [0.15, 0.2) is 6.04 Å². The average Bonchev–Trinajstić information content (AvgIpc) is 3.26. The van der Waals surface area contributed by atoms with Crippen LogP contribution < -0.4 is 10.1 Å². The highest BCUT2D eigenvalue weighted by atomic mass is 19.4. The summed E-state index contributed by atoms with van der Waals surface area (Å²) in [4.78, 5) is 2.28. The normalized spacial score (nSPS) is 25.4. The summed E-state index contributed by atoms with van der Waals surface area (Å²) in [7, 11) is 1.65. The van der Waals surface area contributed by atoms with Crippen LogP contribution in [0.2, 0.25) is 0 Å². The van der Waals surface area contributed by atoms with E-state index in [1.807, 2.05) is 24.3 Å². The number of nitrogens with one attached hydrogen (secondary N) is 1. The van der Waals surface area contributed by atoms with Crippen LogP contribution in [0.25, 0.3) is 0 Å². The predicted octanol–water partition coefficient (Wildman–Crippen LogP) is 4.54.